The number of carbonyl (C=O) groups is 1. The first kappa shape index (κ1) is 14.8. The Labute approximate surface area is 107 Å². The summed E-state index contributed by atoms with van der Waals surface area (Å²) in [6.45, 7) is -1.16. The summed E-state index contributed by atoms with van der Waals surface area (Å²) in [7, 11) is 0. The molecule has 0 saturated heterocycles. The summed E-state index contributed by atoms with van der Waals surface area (Å²) in [6, 6.07) is 4.34. The molecule has 0 aliphatic heterocycles. The van der Waals surface area contributed by atoms with Crippen LogP contribution in [0.5, 0.6) is 0 Å². The fraction of sp³-hybridized carbons (Fsp3) is 0.364. The van der Waals surface area contributed by atoms with Crippen LogP contribution < -0.4 is 5.32 Å². The van der Waals surface area contributed by atoms with Gasteiger partial charge in [-0.2, -0.15) is 8.78 Å². The Bertz CT molecular complexity index is 400. The molecule has 7 heteroatoms. The molecule has 0 heterocycles. The number of aliphatic hydroxyl groups excluding tert-OH is 1. The van der Waals surface area contributed by atoms with Crippen LogP contribution in [0.15, 0.2) is 24.3 Å². The largest absolute Gasteiger partial charge is 0.386 e. The lowest BCUT2D eigenvalue weighted by Crippen LogP contribution is -2.43. The molecule has 1 aromatic carbocycles. The maximum Gasteiger partial charge on any atom is 0.315 e. The van der Waals surface area contributed by atoms with E-state index in [0.29, 0.717) is 5.02 Å². The number of halogens is 4. The Balaban J connectivity index is 2.75. The number of carbonyl (C=O) groups excluding carboxylic acids is 1. The van der Waals surface area contributed by atoms with Crippen molar-refractivity contribution in [3.63, 3.8) is 0 Å². The molecule has 2 atom stereocenters. The fourth-order valence-corrected chi connectivity index (χ4v) is 1.47. The molecular weight excluding hydrogens is 271 g/mol. The van der Waals surface area contributed by atoms with E-state index in [9.17, 15) is 23.1 Å². The number of alkyl halides is 3. The van der Waals surface area contributed by atoms with Crippen molar-refractivity contribution in [3.05, 3.63) is 34.9 Å². The van der Waals surface area contributed by atoms with Gasteiger partial charge in [-0.3, -0.25) is 4.79 Å². The summed E-state index contributed by atoms with van der Waals surface area (Å²) in [6.07, 6.45) is -4.67. The van der Waals surface area contributed by atoms with Crippen LogP contribution >= 0.6 is 11.6 Å². The van der Waals surface area contributed by atoms with Gasteiger partial charge in [-0.1, -0.05) is 23.7 Å². The van der Waals surface area contributed by atoms with E-state index in [1.807, 2.05) is 0 Å². The molecule has 100 valence electrons. The van der Waals surface area contributed by atoms with E-state index in [2.05, 4.69) is 0 Å². The van der Waals surface area contributed by atoms with Crippen LogP contribution in [-0.2, 0) is 4.79 Å². The molecule has 18 heavy (non-hydrogen) atoms. The van der Waals surface area contributed by atoms with E-state index >= 15 is 0 Å². The minimum atomic E-state index is -3.25. The fourth-order valence-electron chi connectivity index (χ4n) is 1.34. The van der Waals surface area contributed by atoms with Gasteiger partial charge in [-0.15, -0.1) is 0 Å². The number of hydrogen-bond acceptors (Lipinski definition) is 2. The SMILES string of the molecule is O=C(NC(CF)C(O)c1ccc(Cl)cc1)C(F)F. The Morgan fingerprint density at radius 1 is 1.33 bits per heavy atom. The summed E-state index contributed by atoms with van der Waals surface area (Å²) in [5.41, 5.74) is 0.275. The van der Waals surface area contributed by atoms with Gasteiger partial charge in [0.25, 0.3) is 5.91 Å². The van der Waals surface area contributed by atoms with Crippen molar-refractivity contribution >= 4 is 17.5 Å². The highest BCUT2D eigenvalue weighted by Gasteiger charge is 2.26. The zero-order valence-corrected chi connectivity index (χ0v) is 9.87. The van der Waals surface area contributed by atoms with Gasteiger partial charge >= 0.3 is 6.43 Å². The summed E-state index contributed by atoms with van der Waals surface area (Å²) in [4.78, 5) is 10.7. The Hall–Kier alpha value is -1.27. The van der Waals surface area contributed by atoms with Crippen molar-refractivity contribution in [3.8, 4) is 0 Å². The zero-order valence-electron chi connectivity index (χ0n) is 9.12. The topological polar surface area (TPSA) is 49.3 Å². The van der Waals surface area contributed by atoms with E-state index < -0.39 is 31.2 Å². The van der Waals surface area contributed by atoms with Crippen LogP contribution in [0.25, 0.3) is 0 Å². The molecular formula is C11H11ClF3NO2. The van der Waals surface area contributed by atoms with E-state index in [-0.39, 0.29) is 5.56 Å². The predicted molar refractivity (Wildman–Crippen MR) is 60.3 cm³/mol. The third kappa shape index (κ3) is 3.89. The average molecular weight is 282 g/mol. The smallest absolute Gasteiger partial charge is 0.315 e. The number of hydrogen-bond donors (Lipinski definition) is 2. The first-order chi connectivity index (χ1) is 8.45. The molecule has 0 fully saturated rings. The maximum atomic E-state index is 12.7. The molecule has 0 aliphatic carbocycles. The maximum absolute atomic E-state index is 12.7. The van der Waals surface area contributed by atoms with Crippen LogP contribution in [0.2, 0.25) is 5.02 Å². The lowest BCUT2D eigenvalue weighted by Gasteiger charge is -2.21. The Morgan fingerprint density at radius 3 is 2.33 bits per heavy atom. The van der Waals surface area contributed by atoms with Crippen molar-refractivity contribution in [2.75, 3.05) is 6.67 Å². The summed E-state index contributed by atoms with van der Waals surface area (Å²) in [5.74, 6) is -1.62. The monoisotopic (exact) mass is 281 g/mol. The van der Waals surface area contributed by atoms with E-state index in [1.165, 1.54) is 24.3 Å². The molecule has 0 saturated carbocycles. The number of aliphatic hydroxyl groups is 1. The molecule has 1 amide bonds. The van der Waals surface area contributed by atoms with Crippen LogP contribution in [0.4, 0.5) is 13.2 Å². The molecule has 2 N–H and O–H groups in total. The second kappa shape index (κ2) is 6.61. The molecule has 0 aromatic heterocycles. The van der Waals surface area contributed by atoms with E-state index in [4.69, 9.17) is 11.6 Å². The quantitative estimate of drug-likeness (QED) is 0.868. The highest BCUT2D eigenvalue weighted by Crippen LogP contribution is 2.20. The lowest BCUT2D eigenvalue weighted by molar-refractivity contribution is -0.133. The zero-order chi connectivity index (χ0) is 13.7. The molecule has 0 radical (unpaired) electrons. The summed E-state index contributed by atoms with van der Waals surface area (Å²) in [5, 5.41) is 11.9. The average Bonchev–Trinajstić information content (AvgIpc) is 2.35. The van der Waals surface area contributed by atoms with Crippen molar-refractivity contribution < 1.29 is 23.1 Å². The van der Waals surface area contributed by atoms with E-state index in [1.54, 1.807) is 5.32 Å². The number of benzene rings is 1. The molecule has 2 unspecified atom stereocenters. The molecule has 1 aromatic rings. The van der Waals surface area contributed by atoms with Gasteiger partial charge < -0.3 is 10.4 Å². The van der Waals surface area contributed by atoms with Gasteiger partial charge in [0.05, 0.1) is 6.04 Å². The second-order valence-electron chi connectivity index (χ2n) is 3.57. The molecule has 0 aliphatic rings. The van der Waals surface area contributed by atoms with Crippen molar-refractivity contribution in [2.45, 2.75) is 18.6 Å². The number of rotatable bonds is 5. The third-order valence-electron chi connectivity index (χ3n) is 2.28. The van der Waals surface area contributed by atoms with E-state index in [0.717, 1.165) is 0 Å². The van der Waals surface area contributed by atoms with Crippen LogP contribution in [0, 0.1) is 0 Å². The van der Waals surface area contributed by atoms with Gasteiger partial charge in [0.2, 0.25) is 0 Å². The van der Waals surface area contributed by atoms with Crippen molar-refractivity contribution in [1.82, 2.24) is 5.32 Å². The minimum absolute atomic E-state index is 0.275. The van der Waals surface area contributed by atoms with Gasteiger partial charge in [0.15, 0.2) is 0 Å². The predicted octanol–water partition coefficient (Wildman–Crippen LogP) is 2.09. The summed E-state index contributed by atoms with van der Waals surface area (Å²) >= 11 is 5.63. The first-order valence-electron chi connectivity index (χ1n) is 5.03. The Morgan fingerprint density at radius 2 is 1.89 bits per heavy atom. The first-order valence-corrected chi connectivity index (χ1v) is 5.41. The van der Waals surface area contributed by atoms with Gasteiger partial charge in [0.1, 0.15) is 12.8 Å². The van der Waals surface area contributed by atoms with Crippen molar-refractivity contribution in [2.24, 2.45) is 0 Å². The highest BCUT2D eigenvalue weighted by molar-refractivity contribution is 6.30. The standard InChI is InChI=1S/C11H11ClF3NO2/c12-7-3-1-6(2-4-7)9(17)8(5-13)16-11(18)10(14)15/h1-4,8-10,17H,5H2,(H,16,18). The second-order valence-corrected chi connectivity index (χ2v) is 4.00. The van der Waals surface area contributed by atoms with Gasteiger partial charge in [-0.05, 0) is 17.7 Å². The summed E-state index contributed by atoms with van der Waals surface area (Å²) < 4.78 is 36.7. The van der Waals surface area contributed by atoms with Crippen LogP contribution in [0.1, 0.15) is 11.7 Å². The highest BCUT2D eigenvalue weighted by atomic mass is 35.5. The number of nitrogens with one attached hydrogen (secondary N) is 1. The van der Waals surface area contributed by atoms with Crippen LogP contribution in [0.3, 0.4) is 0 Å². The van der Waals surface area contributed by atoms with Crippen molar-refractivity contribution in [1.29, 1.82) is 0 Å². The van der Waals surface area contributed by atoms with Gasteiger partial charge in [-0.25, -0.2) is 4.39 Å². The van der Waals surface area contributed by atoms with Gasteiger partial charge in [0, 0.05) is 5.02 Å². The molecule has 3 nitrogen and oxygen atoms in total. The lowest BCUT2D eigenvalue weighted by atomic mass is 10.0. The molecule has 0 bridgehead atoms. The molecule has 1 rings (SSSR count). The Kier molecular flexibility index (Phi) is 5.43. The third-order valence-corrected chi connectivity index (χ3v) is 2.54. The minimum Gasteiger partial charge on any atom is -0.386 e. The normalized spacial score (nSPS) is 14.3. The van der Waals surface area contributed by atoms with Crippen LogP contribution in [-0.4, -0.2) is 30.2 Å². The number of amides is 1. The molecule has 0 spiro atoms.